The van der Waals surface area contributed by atoms with Crippen LogP contribution in [0.1, 0.15) is 18.4 Å². The summed E-state index contributed by atoms with van der Waals surface area (Å²) in [7, 11) is 0. The van der Waals surface area contributed by atoms with Crippen molar-refractivity contribution in [2.45, 2.75) is 19.8 Å². The van der Waals surface area contributed by atoms with Gasteiger partial charge >= 0.3 is 5.91 Å². The second-order valence-corrected chi connectivity index (χ2v) is 6.12. The normalized spacial score (nSPS) is 14.3. The number of anilines is 2. The minimum atomic E-state index is -1.04. The second-order valence-electron chi connectivity index (χ2n) is 6.12. The lowest BCUT2D eigenvalue weighted by Crippen LogP contribution is -2.48. The van der Waals surface area contributed by atoms with E-state index in [1.54, 1.807) is 18.2 Å². The number of hydrogen-bond acceptors (Lipinski definition) is 10. The molecule has 30 heavy (non-hydrogen) atoms. The first kappa shape index (κ1) is 20.1. The van der Waals surface area contributed by atoms with Gasteiger partial charge in [-0.1, -0.05) is 17.7 Å². The molecule has 1 aromatic heterocycles. The van der Waals surface area contributed by atoms with Gasteiger partial charge in [0.05, 0.1) is 5.69 Å². The highest BCUT2D eigenvalue weighted by molar-refractivity contribution is 6.45. The number of hydrazone groups is 1. The molecule has 0 saturated carbocycles. The number of nitrogens with two attached hydrogens (primary N) is 1. The third kappa shape index (κ3) is 4.44. The Labute approximate surface area is 169 Å². The molecule has 1 aliphatic rings. The van der Waals surface area contributed by atoms with Crippen LogP contribution in [-0.2, 0) is 14.4 Å². The van der Waals surface area contributed by atoms with Crippen molar-refractivity contribution < 1.29 is 14.4 Å². The molecule has 1 aromatic carbocycles. The molecule has 0 bridgehead atoms. The molecule has 152 valence electrons. The molecule has 0 spiro atoms. The van der Waals surface area contributed by atoms with Gasteiger partial charge in [0, 0.05) is 12.8 Å². The lowest BCUT2D eigenvalue weighted by atomic mass is 10.2. The van der Waals surface area contributed by atoms with Gasteiger partial charge in [-0.25, -0.2) is 0 Å². The van der Waals surface area contributed by atoms with E-state index < -0.39 is 23.4 Å². The summed E-state index contributed by atoms with van der Waals surface area (Å²) in [5.41, 5.74) is 11.3. The maximum Gasteiger partial charge on any atom is 0.301 e. The van der Waals surface area contributed by atoms with Crippen molar-refractivity contribution in [3.05, 3.63) is 29.8 Å². The topological polar surface area (TPSA) is 194 Å². The van der Waals surface area contributed by atoms with Crippen molar-refractivity contribution in [1.29, 1.82) is 5.26 Å². The molecule has 1 fully saturated rings. The summed E-state index contributed by atoms with van der Waals surface area (Å²) in [5.74, 6) is -2.09. The summed E-state index contributed by atoms with van der Waals surface area (Å²) in [6, 6.07) is 8.83. The van der Waals surface area contributed by atoms with Gasteiger partial charge in [-0.2, -0.15) is 25.6 Å². The molecule has 0 atom stereocenters. The molecule has 3 rings (SSSR count). The predicted octanol–water partition coefficient (Wildman–Crippen LogP) is 1.19. The number of nitriles is 1. The van der Waals surface area contributed by atoms with Crippen molar-refractivity contribution in [2.24, 2.45) is 15.3 Å². The van der Waals surface area contributed by atoms with Crippen molar-refractivity contribution in [3.63, 3.8) is 0 Å². The first-order valence-electron chi connectivity index (χ1n) is 8.62. The van der Waals surface area contributed by atoms with Crippen LogP contribution < -0.4 is 16.6 Å². The minimum absolute atomic E-state index is 0.0113. The molecule has 0 radical (unpaired) electrons. The maximum absolute atomic E-state index is 12.1. The number of benzene rings is 1. The fourth-order valence-electron chi connectivity index (χ4n) is 2.34. The third-order valence-corrected chi connectivity index (χ3v) is 3.93. The number of aromatic amines is 1. The predicted molar refractivity (Wildman–Crippen MR) is 104 cm³/mol. The van der Waals surface area contributed by atoms with Crippen LogP contribution in [0.4, 0.5) is 23.0 Å². The summed E-state index contributed by atoms with van der Waals surface area (Å²) in [4.78, 5) is 35.3. The van der Waals surface area contributed by atoms with E-state index in [1.807, 2.05) is 24.5 Å². The molecular weight excluding hydrogens is 392 g/mol. The van der Waals surface area contributed by atoms with Crippen molar-refractivity contribution in [3.8, 4) is 6.07 Å². The SMILES string of the molecule is Cc1ccc(N=Nc2c(NN=C(C#N)C(=O)NN3C(=O)CCC3=O)n[nH]c2N)cc1. The standard InChI is InChI=1S/C17H16N10O3/c1-9-2-4-10(5-3-9)20-22-14-15(19)23-25-16(14)24-21-11(8-18)17(30)26-27-12(28)6-7-13(27)29/h2-5H,6-7H2,1H3,(H,26,30)(H4,19,23,24,25). The first-order chi connectivity index (χ1) is 14.4. The number of nitrogen functional groups attached to an aromatic ring is 1. The minimum Gasteiger partial charge on any atom is -0.382 e. The van der Waals surface area contributed by atoms with Crippen LogP contribution >= 0.6 is 0 Å². The number of carbonyl (C=O) groups excluding carboxylic acids is 3. The van der Waals surface area contributed by atoms with Crippen molar-refractivity contribution >= 4 is 46.4 Å². The average Bonchev–Trinajstić information content (AvgIpc) is 3.24. The van der Waals surface area contributed by atoms with E-state index in [2.05, 4.69) is 31.0 Å². The Hall–Kier alpha value is -4.60. The molecule has 0 unspecified atom stereocenters. The number of H-pyrrole nitrogens is 1. The molecule has 13 heteroatoms. The van der Waals surface area contributed by atoms with Crippen LogP contribution in [0.15, 0.2) is 39.6 Å². The number of rotatable bonds is 6. The van der Waals surface area contributed by atoms with E-state index in [9.17, 15) is 14.4 Å². The highest BCUT2D eigenvalue weighted by atomic mass is 16.2. The van der Waals surface area contributed by atoms with E-state index in [4.69, 9.17) is 11.0 Å². The molecule has 3 amide bonds. The lowest BCUT2D eigenvalue weighted by Gasteiger charge is -2.13. The van der Waals surface area contributed by atoms with Crippen LogP contribution in [0.25, 0.3) is 0 Å². The van der Waals surface area contributed by atoms with Crippen LogP contribution in [0.2, 0.25) is 0 Å². The molecule has 1 saturated heterocycles. The van der Waals surface area contributed by atoms with Gasteiger partial charge in [0.2, 0.25) is 17.5 Å². The van der Waals surface area contributed by atoms with E-state index in [0.29, 0.717) is 10.7 Å². The Kier molecular flexibility index (Phi) is 5.78. The van der Waals surface area contributed by atoms with Gasteiger partial charge < -0.3 is 5.73 Å². The smallest absolute Gasteiger partial charge is 0.301 e. The fourth-order valence-corrected chi connectivity index (χ4v) is 2.34. The largest absolute Gasteiger partial charge is 0.382 e. The highest BCUT2D eigenvalue weighted by Crippen LogP contribution is 2.30. The number of hydrogen-bond donors (Lipinski definition) is 4. The van der Waals surface area contributed by atoms with Crippen LogP contribution in [0.5, 0.6) is 0 Å². The summed E-state index contributed by atoms with van der Waals surface area (Å²) in [6.45, 7) is 1.94. The monoisotopic (exact) mass is 408 g/mol. The molecule has 0 aliphatic carbocycles. The number of carbonyl (C=O) groups is 3. The molecule has 1 aliphatic heterocycles. The van der Waals surface area contributed by atoms with Crippen LogP contribution in [0.3, 0.4) is 0 Å². The van der Waals surface area contributed by atoms with Gasteiger partial charge in [-0.05, 0) is 19.1 Å². The number of azo groups is 1. The highest BCUT2D eigenvalue weighted by Gasteiger charge is 2.31. The van der Waals surface area contributed by atoms with E-state index in [1.165, 1.54) is 0 Å². The number of nitrogens with zero attached hydrogens (tertiary/aromatic N) is 6. The summed E-state index contributed by atoms with van der Waals surface area (Å²) in [5, 5.41) is 27.8. The van der Waals surface area contributed by atoms with E-state index in [-0.39, 0.29) is 30.2 Å². The number of hydrazine groups is 1. The number of aryl methyl sites for hydroxylation is 1. The van der Waals surface area contributed by atoms with Crippen LogP contribution in [-0.4, -0.2) is 38.6 Å². The zero-order chi connectivity index (χ0) is 21.7. The number of aromatic nitrogens is 2. The van der Waals surface area contributed by atoms with Gasteiger partial charge in [0.1, 0.15) is 11.9 Å². The first-order valence-corrected chi connectivity index (χ1v) is 8.62. The Morgan fingerprint density at radius 3 is 2.53 bits per heavy atom. The Morgan fingerprint density at radius 2 is 1.90 bits per heavy atom. The molecular formula is C17H16N10O3. The Bertz CT molecular complexity index is 1080. The number of nitrogens with one attached hydrogen (secondary N) is 3. The maximum atomic E-state index is 12.1. The van der Waals surface area contributed by atoms with Gasteiger partial charge in [0.25, 0.3) is 0 Å². The van der Waals surface area contributed by atoms with Gasteiger partial charge in [0.15, 0.2) is 11.5 Å². The summed E-state index contributed by atoms with van der Waals surface area (Å²) >= 11 is 0. The molecule has 2 aromatic rings. The van der Waals surface area contributed by atoms with Crippen molar-refractivity contribution in [1.82, 2.24) is 20.6 Å². The van der Waals surface area contributed by atoms with Crippen molar-refractivity contribution in [2.75, 3.05) is 11.2 Å². The fraction of sp³-hybridized carbons (Fsp3) is 0.176. The quantitative estimate of drug-likeness (QED) is 0.238. The lowest BCUT2D eigenvalue weighted by molar-refractivity contribution is -0.146. The van der Waals surface area contributed by atoms with Gasteiger partial charge in [-0.3, -0.25) is 30.3 Å². The Balaban J connectivity index is 1.73. The zero-order valence-corrected chi connectivity index (χ0v) is 15.7. The average molecular weight is 408 g/mol. The third-order valence-electron chi connectivity index (χ3n) is 3.93. The number of imide groups is 1. The van der Waals surface area contributed by atoms with Gasteiger partial charge in [-0.15, -0.1) is 5.11 Å². The molecule has 13 nitrogen and oxygen atoms in total. The Morgan fingerprint density at radius 1 is 1.23 bits per heavy atom. The summed E-state index contributed by atoms with van der Waals surface area (Å²) < 4.78 is 0. The molecule has 5 N–H and O–H groups in total. The second kappa shape index (κ2) is 8.61. The van der Waals surface area contributed by atoms with Crippen LogP contribution in [0, 0.1) is 18.3 Å². The van der Waals surface area contributed by atoms with E-state index >= 15 is 0 Å². The molecule has 2 heterocycles. The van der Waals surface area contributed by atoms with E-state index in [0.717, 1.165) is 5.56 Å². The zero-order valence-electron chi connectivity index (χ0n) is 15.7. The number of amides is 3. The summed E-state index contributed by atoms with van der Waals surface area (Å²) in [6.07, 6.45) is -0.0312.